The van der Waals surface area contributed by atoms with Crippen LogP contribution in [0.1, 0.15) is 13.8 Å². The summed E-state index contributed by atoms with van der Waals surface area (Å²) < 4.78 is 4.72. The van der Waals surface area contributed by atoms with Crippen molar-refractivity contribution in [2.45, 2.75) is 19.9 Å². The molecular formula is C8H15NO2. The second kappa shape index (κ2) is 5.92. The maximum absolute atomic E-state index is 10.8. The molecule has 0 aliphatic heterocycles. The van der Waals surface area contributed by atoms with Gasteiger partial charge in [0, 0.05) is 6.04 Å². The summed E-state index contributed by atoms with van der Waals surface area (Å²) in [5, 5.41) is 2.95. The summed E-state index contributed by atoms with van der Waals surface area (Å²) in [6.07, 6.45) is 1.55. The van der Waals surface area contributed by atoms with Crippen molar-refractivity contribution in [2.75, 3.05) is 13.2 Å². The quantitative estimate of drug-likeness (QED) is 0.472. The fourth-order valence-corrected chi connectivity index (χ4v) is 0.490. The van der Waals surface area contributed by atoms with Gasteiger partial charge in [-0.05, 0) is 0 Å². The van der Waals surface area contributed by atoms with Gasteiger partial charge in [0.25, 0.3) is 0 Å². The average molecular weight is 157 g/mol. The van der Waals surface area contributed by atoms with Crippen LogP contribution in [0.15, 0.2) is 12.7 Å². The number of nitrogens with one attached hydrogen (secondary N) is 1. The molecule has 0 bridgehead atoms. The SMILES string of the molecule is C=CCOC(=O)CNC(C)C. The Morgan fingerprint density at radius 2 is 2.36 bits per heavy atom. The maximum Gasteiger partial charge on any atom is 0.320 e. The Balaban J connectivity index is 3.29. The largest absolute Gasteiger partial charge is 0.461 e. The lowest BCUT2D eigenvalue weighted by Crippen LogP contribution is -2.30. The molecule has 1 N–H and O–H groups in total. The van der Waals surface area contributed by atoms with Gasteiger partial charge in [0.2, 0.25) is 0 Å². The number of ether oxygens (including phenoxy) is 1. The van der Waals surface area contributed by atoms with Crippen molar-refractivity contribution >= 4 is 5.97 Å². The first-order chi connectivity index (χ1) is 5.16. The minimum Gasteiger partial charge on any atom is -0.461 e. The summed E-state index contributed by atoms with van der Waals surface area (Å²) in [6, 6.07) is 0.311. The maximum atomic E-state index is 10.8. The Bertz CT molecular complexity index is 132. The summed E-state index contributed by atoms with van der Waals surface area (Å²) in [5.74, 6) is -0.237. The smallest absolute Gasteiger partial charge is 0.320 e. The summed E-state index contributed by atoms with van der Waals surface area (Å²) in [4.78, 5) is 10.8. The Kier molecular flexibility index (Phi) is 5.47. The lowest BCUT2D eigenvalue weighted by Gasteiger charge is -2.06. The molecule has 0 aromatic rings. The van der Waals surface area contributed by atoms with Crippen molar-refractivity contribution in [3.8, 4) is 0 Å². The van der Waals surface area contributed by atoms with Gasteiger partial charge in [-0.2, -0.15) is 0 Å². The molecule has 0 saturated carbocycles. The third-order valence-corrected chi connectivity index (χ3v) is 1.02. The molecule has 0 atom stereocenters. The zero-order valence-electron chi connectivity index (χ0n) is 7.09. The van der Waals surface area contributed by atoms with E-state index < -0.39 is 0 Å². The van der Waals surface area contributed by atoms with Crippen LogP contribution in [-0.2, 0) is 9.53 Å². The minimum absolute atomic E-state index is 0.237. The number of carbonyl (C=O) groups is 1. The van der Waals surface area contributed by atoms with Crippen molar-refractivity contribution in [3.63, 3.8) is 0 Å². The zero-order valence-corrected chi connectivity index (χ0v) is 7.09. The first kappa shape index (κ1) is 10.2. The van der Waals surface area contributed by atoms with E-state index in [9.17, 15) is 4.79 Å². The van der Waals surface area contributed by atoms with E-state index in [0.717, 1.165) is 0 Å². The summed E-state index contributed by atoms with van der Waals surface area (Å²) in [6.45, 7) is 7.94. The number of carbonyl (C=O) groups excluding carboxylic acids is 1. The zero-order chi connectivity index (χ0) is 8.69. The van der Waals surface area contributed by atoms with Crippen LogP contribution in [0.5, 0.6) is 0 Å². The molecule has 0 aromatic heterocycles. The highest BCUT2D eigenvalue weighted by molar-refractivity contribution is 5.71. The second-order valence-electron chi connectivity index (χ2n) is 2.51. The number of hydrogen-bond acceptors (Lipinski definition) is 3. The van der Waals surface area contributed by atoms with Gasteiger partial charge < -0.3 is 10.1 Å². The van der Waals surface area contributed by atoms with Crippen molar-refractivity contribution < 1.29 is 9.53 Å². The van der Waals surface area contributed by atoms with Gasteiger partial charge in [-0.15, -0.1) is 0 Å². The average Bonchev–Trinajstić information content (AvgIpc) is 1.97. The number of esters is 1. The monoisotopic (exact) mass is 157 g/mol. The van der Waals surface area contributed by atoms with E-state index in [-0.39, 0.29) is 12.5 Å². The first-order valence-corrected chi connectivity index (χ1v) is 3.66. The van der Waals surface area contributed by atoms with Crippen LogP contribution < -0.4 is 5.32 Å². The third-order valence-electron chi connectivity index (χ3n) is 1.02. The van der Waals surface area contributed by atoms with Gasteiger partial charge in [0.05, 0.1) is 6.54 Å². The molecule has 64 valence electrons. The molecule has 0 aromatic carbocycles. The van der Waals surface area contributed by atoms with E-state index in [0.29, 0.717) is 12.6 Å². The third kappa shape index (κ3) is 7.06. The molecule has 0 heterocycles. The lowest BCUT2D eigenvalue weighted by atomic mass is 10.4. The van der Waals surface area contributed by atoms with Crippen LogP contribution >= 0.6 is 0 Å². The van der Waals surface area contributed by atoms with Gasteiger partial charge in [0.1, 0.15) is 6.61 Å². The summed E-state index contributed by atoms with van der Waals surface area (Å²) >= 11 is 0. The van der Waals surface area contributed by atoms with E-state index in [2.05, 4.69) is 11.9 Å². The van der Waals surface area contributed by atoms with Crippen LogP contribution in [0, 0.1) is 0 Å². The predicted octanol–water partition coefficient (Wildman–Crippen LogP) is 0.714. The molecule has 11 heavy (non-hydrogen) atoms. The molecule has 0 aliphatic rings. The highest BCUT2D eigenvalue weighted by Crippen LogP contribution is 1.80. The fourth-order valence-electron chi connectivity index (χ4n) is 0.490. The first-order valence-electron chi connectivity index (χ1n) is 3.66. The number of hydrogen-bond donors (Lipinski definition) is 1. The van der Waals surface area contributed by atoms with E-state index >= 15 is 0 Å². The standard InChI is InChI=1S/C8H15NO2/c1-4-5-11-8(10)6-9-7(2)3/h4,7,9H,1,5-6H2,2-3H3. The van der Waals surface area contributed by atoms with Gasteiger partial charge >= 0.3 is 5.97 Å². The minimum atomic E-state index is -0.237. The van der Waals surface area contributed by atoms with Gasteiger partial charge in [-0.1, -0.05) is 26.5 Å². The molecule has 3 heteroatoms. The molecule has 3 nitrogen and oxygen atoms in total. The van der Waals surface area contributed by atoms with Crippen molar-refractivity contribution in [3.05, 3.63) is 12.7 Å². The van der Waals surface area contributed by atoms with Crippen LogP contribution in [-0.4, -0.2) is 25.2 Å². The Hall–Kier alpha value is -0.830. The van der Waals surface area contributed by atoms with Crippen molar-refractivity contribution in [1.29, 1.82) is 0 Å². The highest BCUT2D eigenvalue weighted by atomic mass is 16.5. The fraction of sp³-hybridized carbons (Fsp3) is 0.625. The van der Waals surface area contributed by atoms with Crippen molar-refractivity contribution in [1.82, 2.24) is 5.32 Å². The molecule has 0 unspecified atom stereocenters. The molecular weight excluding hydrogens is 142 g/mol. The molecule has 0 saturated heterocycles. The van der Waals surface area contributed by atoms with E-state index in [1.807, 2.05) is 13.8 Å². The highest BCUT2D eigenvalue weighted by Gasteiger charge is 2.00. The van der Waals surface area contributed by atoms with Crippen LogP contribution in [0.4, 0.5) is 0 Å². The number of rotatable bonds is 5. The Morgan fingerprint density at radius 3 is 2.82 bits per heavy atom. The second-order valence-corrected chi connectivity index (χ2v) is 2.51. The molecule has 0 rings (SSSR count). The Morgan fingerprint density at radius 1 is 1.73 bits per heavy atom. The van der Waals surface area contributed by atoms with Crippen LogP contribution in [0.2, 0.25) is 0 Å². The molecule has 0 amide bonds. The topological polar surface area (TPSA) is 38.3 Å². The Labute approximate surface area is 67.4 Å². The molecule has 0 radical (unpaired) electrons. The lowest BCUT2D eigenvalue weighted by molar-refractivity contribution is -0.141. The van der Waals surface area contributed by atoms with Gasteiger partial charge in [0.15, 0.2) is 0 Å². The molecule has 0 fully saturated rings. The normalized spacial score (nSPS) is 9.73. The predicted molar refractivity (Wildman–Crippen MR) is 44.3 cm³/mol. The van der Waals surface area contributed by atoms with Crippen LogP contribution in [0.3, 0.4) is 0 Å². The van der Waals surface area contributed by atoms with E-state index in [4.69, 9.17) is 4.74 Å². The van der Waals surface area contributed by atoms with E-state index in [1.165, 1.54) is 0 Å². The molecule has 0 spiro atoms. The van der Waals surface area contributed by atoms with Gasteiger partial charge in [-0.25, -0.2) is 0 Å². The molecule has 0 aliphatic carbocycles. The van der Waals surface area contributed by atoms with E-state index in [1.54, 1.807) is 6.08 Å². The van der Waals surface area contributed by atoms with Crippen LogP contribution in [0.25, 0.3) is 0 Å². The van der Waals surface area contributed by atoms with Gasteiger partial charge in [-0.3, -0.25) is 4.79 Å². The summed E-state index contributed by atoms with van der Waals surface area (Å²) in [5.41, 5.74) is 0. The summed E-state index contributed by atoms with van der Waals surface area (Å²) in [7, 11) is 0. The van der Waals surface area contributed by atoms with Crippen molar-refractivity contribution in [2.24, 2.45) is 0 Å².